The Morgan fingerprint density at radius 1 is 1.40 bits per heavy atom. The van der Waals surface area contributed by atoms with E-state index in [1.165, 1.54) is 4.68 Å². The molecule has 0 aliphatic heterocycles. The highest BCUT2D eigenvalue weighted by molar-refractivity contribution is 6.43. The second-order valence-electron chi connectivity index (χ2n) is 4.03. The third-order valence-corrected chi connectivity index (χ3v) is 3.30. The normalized spacial score (nSPS) is 10.6. The molecule has 0 unspecified atom stereocenters. The quantitative estimate of drug-likeness (QED) is 0.881. The summed E-state index contributed by atoms with van der Waals surface area (Å²) in [5.74, 6) is -0.297. The topological polar surface area (TPSA) is 80.0 Å². The van der Waals surface area contributed by atoms with E-state index >= 15 is 0 Å². The fraction of sp³-hybridized carbons (Fsp3) is 0.250. The molecule has 0 saturated heterocycles. The highest BCUT2D eigenvalue weighted by Crippen LogP contribution is 2.29. The first kappa shape index (κ1) is 14.8. The van der Waals surface area contributed by atoms with Crippen LogP contribution in [0.15, 0.2) is 24.4 Å². The summed E-state index contributed by atoms with van der Waals surface area (Å²) in [7, 11) is 0. The largest absolute Gasteiger partial charge is 0.396 e. The van der Waals surface area contributed by atoms with Crippen LogP contribution in [0.4, 0.5) is 5.69 Å². The number of aliphatic hydroxyl groups is 1. The first-order valence-corrected chi connectivity index (χ1v) is 6.59. The molecule has 1 aromatic carbocycles. The van der Waals surface area contributed by atoms with Gasteiger partial charge in [0.2, 0.25) is 5.91 Å². The van der Waals surface area contributed by atoms with Crippen molar-refractivity contribution in [3.05, 3.63) is 40.1 Å². The Bertz CT molecular complexity index is 615. The maximum absolute atomic E-state index is 11.9. The second-order valence-corrected chi connectivity index (χ2v) is 4.82. The van der Waals surface area contributed by atoms with E-state index in [9.17, 15) is 4.79 Å². The van der Waals surface area contributed by atoms with Crippen molar-refractivity contribution < 1.29 is 9.90 Å². The standard InChI is InChI=1S/C12H12Cl2N4O2/c13-9-2-1-3-10(12(9)14)15-11(20)7-18-6-8(4-5-19)16-17-18/h1-3,6,19H,4-5,7H2,(H,15,20). The molecule has 0 aliphatic carbocycles. The van der Waals surface area contributed by atoms with E-state index in [-0.39, 0.29) is 19.1 Å². The van der Waals surface area contributed by atoms with Crippen molar-refractivity contribution in [3.8, 4) is 0 Å². The van der Waals surface area contributed by atoms with Crippen molar-refractivity contribution in [3.63, 3.8) is 0 Å². The molecule has 0 saturated carbocycles. The average molecular weight is 315 g/mol. The van der Waals surface area contributed by atoms with Gasteiger partial charge in [0.1, 0.15) is 6.54 Å². The summed E-state index contributed by atoms with van der Waals surface area (Å²) in [4.78, 5) is 11.9. The van der Waals surface area contributed by atoms with Crippen LogP contribution in [-0.4, -0.2) is 32.6 Å². The molecule has 0 spiro atoms. The molecule has 8 heteroatoms. The lowest BCUT2D eigenvalue weighted by atomic mass is 10.3. The summed E-state index contributed by atoms with van der Waals surface area (Å²) in [5.41, 5.74) is 1.07. The summed E-state index contributed by atoms with van der Waals surface area (Å²) >= 11 is 11.8. The van der Waals surface area contributed by atoms with Crippen LogP contribution >= 0.6 is 23.2 Å². The first-order chi connectivity index (χ1) is 9.60. The van der Waals surface area contributed by atoms with Crippen molar-refractivity contribution in [2.45, 2.75) is 13.0 Å². The monoisotopic (exact) mass is 314 g/mol. The van der Waals surface area contributed by atoms with Gasteiger partial charge in [-0.15, -0.1) is 5.10 Å². The van der Waals surface area contributed by atoms with Gasteiger partial charge in [0.15, 0.2) is 0 Å². The van der Waals surface area contributed by atoms with Crippen LogP contribution in [0.25, 0.3) is 0 Å². The van der Waals surface area contributed by atoms with Crippen LogP contribution in [0.2, 0.25) is 10.0 Å². The molecular formula is C12H12Cl2N4O2. The molecule has 0 atom stereocenters. The fourth-order valence-electron chi connectivity index (χ4n) is 1.58. The van der Waals surface area contributed by atoms with E-state index in [0.717, 1.165) is 0 Å². The number of hydrogen-bond donors (Lipinski definition) is 2. The molecule has 20 heavy (non-hydrogen) atoms. The Morgan fingerprint density at radius 3 is 2.95 bits per heavy atom. The molecule has 0 radical (unpaired) electrons. The van der Waals surface area contributed by atoms with Crippen molar-refractivity contribution >= 4 is 34.8 Å². The second kappa shape index (κ2) is 6.69. The number of anilines is 1. The van der Waals surface area contributed by atoms with Crippen molar-refractivity contribution in [2.24, 2.45) is 0 Å². The SMILES string of the molecule is O=C(Cn1cc(CCO)nn1)Nc1cccc(Cl)c1Cl. The first-order valence-electron chi connectivity index (χ1n) is 5.84. The van der Waals surface area contributed by atoms with Gasteiger partial charge in [-0.2, -0.15) is 0 Å². The third-order valence-electron chi connectivity index (χ3n) is 2.49. The summed E-state index contributed by atoms with van der Waals surface area (Å²) in [6.07, 6.45) is 2.01. The van der Waals surface area contributed by atoms with Crippen LogP contribution in [-0.2, 0) is 17.8 Å². The average Bonchev–Trinajstić information content (AvgIpc) is 2.83. The van der Waals surface area contributed by atoms with E-state index in [1.54, 1.807) is 24.4 Å². The molecule has 1 amide bonds. The molecular weight excluding hydrogens is 303 g/mol. The summed E-state index contributed by atoms with van der Waals surface area (Å²) in [6, 6.07) is 4.99. The number of rotatable bonds is 5. The molecule has 1 aromatic heterocycles. The number of aliphatic hydroxyl groups excluding tert-OH is 1. The van der Waals surface area contributed by atoms with E-state index in [4.69, 9.17) is 28.3 Å². The number of carbonyl (C=O) groups excluding carboxylic acids is 1. The minimum atomic E-state index is -0.297. The molecule has 2 N–H and O–H groups in total. The van der Waals surface area contributed by atoms with E-state index in [2.05, 4.69) is 15.6 Å². The molecule has 2 rings (SSSR count). The van der Waals surface area contributed by atoms with Gasteiger partial charge >= 0.3 is 0 Å². The molecule has 0 fully saturated rings. The van der Waals surface area contributed by atoms with Crippen molar-refractivity contribution in [2.75, 3.05) is 11.9 Å². The number of nitrogens with zero attached hydrogens (tertiary/aromatic N) is 3. The number of aromatic nitrogens is 3. The fourth-order valence-corrected chi connectivity index (χ4v) is 1.93. The predicted molar refractivity (Wildman–Crippen MR) is 75.9 cm³/mol. The number of carbonyl (C=O) groups is 1. The number of hydrogen-bond acceptors (Lipinski definition) is 4. The number of nitrogens with one attached hydrogen (secondary N) is 1. The Hall–Kier alpha value is -1.63. The highest BCUT2D eigenvalue weighted by atomic mass is 35.5. The molecule has 6 nitrogen and oxygen atoms in total. The van der Waals surface area contributed by atoms with Crippen LogP contribution in [0.3, 0.4) is 0 Å². The number of halogens is 2. The van der Waals surface area contributed by atoms with Gasteiger partial charge in [-0.3, -0.25) is 4.79 Å². The van der Waals surface area contributed by atoms with Gasteiger partial charge in [0, 0.05) is 19.2 Å². The molecule has 2 aromatic rings. The summed E-state index contributed by atoms with van der Waals surface area (Å²) in [5, 5.41) is 19.7. The number of benzene rings is 1. The maximum Gasteiger partial charge on any atom is 0.246 e. The van der Waals surface area contributed by atoms with E-state index in [1.807, 2.05) is 0 Å². The van der Waals surface area contributed by atoms with E-state index in [0.29, 0.717) is 27.8 Å². The summed E-state index contributed by atoms with van der Waals surface area (Å²) < 4.78 is 1.39. The van der Waals surface area contributed by atoms with Crippen LogP contribution in [0.5, 0.6) is 0 Å². The van der Waals surface area contributed by atoms with Crippen LogP contribution < -0.4 is 5.32 Å². The Morgan fingerprint density at radius 2 is 2.20 bits per heavy atom. The predicted octanol–water partition coefficient (Wildman–Crippen LogP) is 1.76. The number of amides is 1. The van der Waals surface area contributed by atoms with Gasteiger partial charge in [-0.1, -0.05) is 34.5 Å². The zero-order chi connectivity index (χ0) is 14.5. The minimum absolute atomic E-state index is 0.00126. The summed E-state index contributed by atoms with van der Waals surface area (Å²) in [6.45, 7) is -0.00964. The lowest BCUT2D eigenvalue weighted by Crippen LogP contribution is -2.19. The van der Waals surface area contributed by atoms with Gasteiger partial charge < -0.3 is 10.4 Å². The lowest BCUT2D eigenvalue weighted by molar-refractivity contribution is -0.116. The van der Waals surface area contributed by atoms with Gasteiger partial charge in [-0.25, -0.2) is 4.68 Å². The van der Waals surface area contributed by atoms with Crippen molar-refractivity contribution in [1.29, 1.82) is 0 Å². The molecule has 0 aliphatic rings. The van der Waals surface area contributed by atoms with Crippen LogP contribution in [0.1, 0.15) is 5.69 Å². The lowest BCUT2D eigenvalue weighted by Gasteiger charge is -2.07. The Labute approximate surface area is 125 Å². The van der Waals surface area contributed by atoms with Gasteiger partial charge in [0.05, 0.1) is 21.4 Å². The van der Waals surface area contributed by atoms with Gasteiger partial charge in [0.25, 0.3) is 0 Å². The van der Waals surface area contributed by atoms with Crippen LogP contribution in [0, 0.1) is 0 Å². The molecule has 1 heterocycles. The molecule has 0 bridgehead atoms. The molecule has 106 valence electrons. The smallest absolute Gasteiger partial charge is 0.246 e. The Kier molecular flexibility index (Phi) is 4.94. The zero-order valence-corrected chi connectivity index (χ0v) is 11.9. The van der Waals surface area contributed by atoms with E-state index < -0.39 is 0 Å². The third kappa shape index (κ3) is 3.69. The zero-order valence-electron chi connectivity index (χ0n) is 10.4. The Balaban J connectivity index is 1.99. The minimum Gasteiger partial charge on any atom is -0.396 e. The highest BCUT2D eigenvalue weighted by Gasteiger charge is 2.10. The van der Waals surface area contributed by atoms with Crippen molar-refractivity contribution in [1.82, 2.24) is 15.0 Å². The van der Waals surface area contributed by atoms with Gasteiger partial charge in [-0.05, 0) is 12.1 Å². The maximum atomic E-state index is 11.9.